The van der Waals surface area contributed by atoms with Crippen molar-refractivity contribution in [3.05, 3.63) is 47.9 Å². The molecule has 0 radical (unpaired) electrons. The van der Waals surface area contributed by atoms with Crippen LogP contribution in [0.4, 0.5) is 24.7 Å². The number of hydrogen-bond donors (Lipinski definition) is 2. The minimum absolute atomic E-state index is 0.115. The van der Waals surface area contributed by atoms with Crippen LogP contribution in [0, 0.1) is 0 Å². The van der Waals surface area contributed by atoms with Crippen molar-refractivity contribution in [1.82, 2.24) is 14.9 Å². The SMILES string of the molecule is O=C(Nc1ccc(C(F)(F)F)cc1)c1cc(NCCN2CCOCC2)ncn1. The highest BCUT2D eigenvalue weighted by Crippen LogP contribution is 2.29. The zero-order chi connectivity index (χ0) is 20.0. The van der Waals surface area contributed by atoms with Crippen LogP contribution in [-0.4, -0.2) is 60.2 Å². The lowest BCUT2D eigenvalue weighted by Gasteiger charge is -2.26. The smallest absolute Gasteiger partial charge is 0.379 e. The van der Waals surface area contributed by atoms with Gasteiger partial charge in [-0.15, -0.1) is 0 Å². The second-order valence-corrected chi connectivity index (χ2v) is 6.20. The van der Waals surface area contributed by atoms with Crippen LogP contribution in [0.5, 0.6) is 0 Å². The number of amides is 1. The Morgan fingerprint density at radius 1 is 1.14 bits per heavy atom. The number of alkyl halides is 3. The van der Waals surface area contributed by atoms with Crippen molar-refractivity contribution >= 4 is 17.4 Å². The van der Waals surface area contributed by atoms with Crippen LogP contribution in [0.2, 0.25) is 0 Å². The Morgan fingerprint density at radius 3 is 2.54 bits per heavy atom. The molecule has 28 heavy (non-hydrogen) atoms. The molecule has 1 aliphatic rings. The number of rotatable bonds is 6. The molecule has 2 N–H and O–H groups in total. The summed E-state index contributed by atoms with van der Waals surface area (Å²) >= 11 is 0. The molecule has 1 fully saturated rings. The highest BCUT2D eigenvalue weighted by Gasteiger charge is 2.30. The molecular weight excluding hydrogens is 375 g/mol. The molecule has 150 valence electrons. The van der Waals surface area contributed by atoms with Crippen molar-refractivity contribution in [3.8, 4) is 0 Å². The van der Waals surface area contributed by atoms with Gasteiger partial charge >= 0.3 is 6.18 Å². The van der Waals surface area contributed by atoms with Crippen LogP contribution in [0.3, 0.4) is 0 Å². The molecule has 2 heterocycles. The first-order chi connectivity index (χ1) is 13.4. The van der Waals surface area contributed by atoms with Gasteiger partial charge in [0.2, 0.25) is 0 Å². The first-order valence-corrected chi connectivity index (χ1v) is 8.76. The number of halogens is 3. The maximum Gasteiger partial charge on any atom is 0.416 e. The molecule has 2 aromatic rings. The van der Waals surface area contributed by atoms with Gasteiger partial charge in [0.05, 0.1) is 18.8 Å². The maximum absolute atomic E-state index is 12.6. The number of morpholine rings is 1. The van der Waals surface area contributed by atoms with Gasteiger partial charge in [-0.25, -0.2) is 9.97 Å². The lowest BCUT2D eigenvalue weighted by molar-refractivity contribution is -0.137. The van der Waals surface area contributed by atoms with Gasteiger partial charge in [0.25, 0.3) is 5.91 Å². The van der Waals surface area contributed by atoms with Crippen LogP contribution in [0.15, 0.2) is 36.7 Å². The number of anilines is 2. The summed E-state index contributed by atoms with van der Waals surface area (Å²) in [4.78, 5) is 22.6. The number of aromatic nitrogens is 2. The molecule has 7 nitrogen and oxygen atoms in total. The predicted molar refractivity (Wildman–Crippen MR) is 97.2 cm³/mol. The fraction of sp³-hybridized carbons (Fsp3) is 0.389. The van der Waals surface area contributed by atoms with E-state index in [0.29, 0.717) is 12.4 Å². The third kappa shape index (κ3) is 5.64. The van der Waals surface area contributed by atoms with E-state index < -0.39 is 17.6 Å². The van der Waals surface area contributed by atoms with E-state index in [1.807, 2.05) is 0 Å². The van der Waals surface area contributed by atoms with Gasteiger partial charge < -0.3 is 15.4 Å². The average molecular weight is 395 g/mol. The summed E-state index contributed by atoms with van der Waals surface area (Å²) < 4.78 is 43.1. The first kappa shape index (κ1) is 20.0. The number of carbonyl (C=O) groups excluding carboxylic acids is 1. The van der Waals surface area contributed by atoms with E-state index in [-0.39, 0.29) is 11.4 Å². The van der Waals surface area contributed by atoms with Crippen LogP contribution in [-0.2, 0) is 10.9 Å². The maximum atomic E-state index is 12.6. The minimum atomic E-state index is -4.42. The molecule has 0 saturated carbocycles. The van der Waals surface area contributed by atoms with Gasteiger partial charge in [0.15, 0.2) is 0 Å². The van der Waals surface area contributed by atoms with Crippen molar-refractivity contribution in [2.24, 2.45) is 0 Å². The second-order valence-electron chi connectivity index (χ2n) is 6.20. The fourth-order valence-electron chi connectivity index (χ4n) is 2.68. The van der Waals surface area contributed by atoms with Crippen molar-refractivity contribution < 1.29 is 22.7 Å². The van der Waals surface area contributed by atoms with Gasteiger partial charge in [0.1, 0.15) is 17.8 Å². The van der Waals surface area contributed by atoms with E-state index in [4.69, 9.17) is 4.74 Å². The van der Waals surface area contributed by atoms with Crippen molar-refractivity contribution in [2.75, 3.05) is 50.0 Å². The van der Waals surface area contributed by atoms with Gasteiger partial charge in [-0.1, -0.05) is 0 Å². The van der Waals surface area contributed by atoms with Gasteiger partial charge in [-0.3, -0.25) is 9.69 Å². The Balaban J connectivity index is 1.54. The van der Waals surface area contributed by atoms with E-state index in [0.717, 1.165) is 45.0 Å². The lowest BCUT2D eigenvalue weighted by atomic mass is 10.2. The Hall–Kier alpha value is -2.72. The molecule has 1 amide bonds. The van der Waals surface area contributed by atoms with Gasteiger partial charge in [0, 0.05) is 37.9 Å². The van der Waals surface area contributed by atoms with Crippen LogP contribution < -0.4 is 10.6 Å². The Bertz CT molecular complexity index is 793. The quantitative estimate of drug-likeness (QED) is 0.783. The first-order valence-electron chi connectivity index (χ1n) is 8.76. The Morgan fingerprint density at radius 2 is 1.86 bits per heavy atom. The summed E-state index contributed by atoms with van der Waals surface area (Å²) in [6, 6.07) is 5.72. The predicted octanol–water partition coefficient (Wildman–Crippen LogP) is 2.49. The lowest BCUT2D eigenvalue weighted by Crippen LogP contribution is -2.39. The normalized spacial score (nSPS) is 15.2. The molecule has 0 unspecified atom stereocenters. The minimum Gasteiger partial charge on any atom is -0.379 e. The van der Waals surface area contributed by atoms with Crippen molar-refractivity contribution in [2.45, 2.75) is 6.18 Å². The summed E-state index contributed by atoms with van der Waals surface area (Å²) in [6.07, 6.45) is -3.16. The summed E-state index contributed by atoms with van der Waals surface area (Å²) in [5, 5.41) is 5.66. The Kier molecular flexibility index (Phi) is 6.42. The molecule has 0 spiro atoms. The molecule has 1 aliphatic heterocycles. The number of ether oxygens (including phenoxy) is 1. The zero-order valence-corrected chi connectivity index (χ0v) is 15.0. The molecular formula is C18H20F3N5O2. The number of benzene rings is 1. The molecule has 3 rings (SSSR count). The number of hydrogen-bond acceptors (Lipinski definition) is 6. The van der Waals surface area contributed by atoms with E-state index in [1.54, 1.807) is 0 Å². The van der Waals surface area contributed by atoms with Crippen LogP contribution in [0.1, 0.15) is 16.1 Å². The highest BCUT2D eigenvalue weighted by molar-refractivity contribution is 6.03. The van der Waals surface area contributed by atoms with Crippen LogP contribution >= 0.6 is 0 Å². The summed E-state index contributed by atoms with van der Waals surface area (Å²) in [7, 11) is 0. The molecule has 10 heteroatoms. The summed E-state index contributed by atoms with van der Waals surface area (Å²) in [5.74, 6) is -0.0285. The standard InChI is InChI=1S/C18H20F3N5O2/c19-18(20,21)13-1-3-14(4-2-13)25-17(27)15-11-16(24-12-23-15)22-5-6-26-7-9-28-10-8-26/h1-4,11-12H,5-10H2,(H,25,27)(H,22,23,24). The van der Waals surface area contributed by atoms with E-state index in [9.17, 15) is 18.0 Å². The van der Waals surface area contributed by atoms with E-state index >= 15 is 0 Å². The Labute approximate surface area is 159 Å². The van der Waals surface area contributed by atoms with E-state index in [1.165, 1.54) is 24.5 Å². The second kappa shape index (κ2) is 8.98. The third-order valence-corrected chi connectivity index (χ3v) is 4.21. The molecule has 1 saturated heterocycles. The summed E-state index contributed by atoms with van der Waals surface area (Å²) in [5.41, 5.74) is -0.415. The molecule has 0 bridgehead atoms. The third-order valence-electron chi connectivity index (χ3n) is 4.21. The number of nitrogens with one attached hydrogen (secondary N) is 2. The van der Waals surface area contributed by atoms with Gasteiger partial charge in [-0.2, -0.15) is 13.2 Å². The zero-order valence-electron chi connectivity index (χ0n) is 15.0. The highest BCUT2D eigenvalue weighted by atomic mass is 19.4. The molecule has 0 aliphatic carbocycles. The fourth-order valence-corrected chi connectivity index (χ4v) is 2.68. The van der Waals surface area contributed by atoms with Crippen molar-refractivity contribution in [1.29, 1.82) is 0 Å². The van der Waals surface area contributed by atoms with E-state index in [2.05, 4.69) is 25.5 Å². The number of carbonyl (C=O) groups is 1. The average Bonchev–Trinajstić information content (AvgIpc) is 2.69. The monoisotopic (exact) mass is 395 g/mol. The largest absolute Gasteiger partial charge is 0.416 e. The molecule has 0 atom stereocenters. The topological polar surface area (TPSA) is 79.4 Å². The van der Waals surface area contributed by atoms with Crippen LogP contribution in [0.25, 0.3) is 0 Å². The van der Waals surface area contributed by atoms with Gasteiger partial charge in [-0.05, 0) is 24.3 Å². The molecule has 1 aromatic carbocycles. The summed E-state index contributed by atoms with van der Waals surface area (Å²) in [6.45, 7) is 4.68. The number of nitrogens with zero attached hydrogens (tertiary/aromatic N) is 3. The molecule has 1 aromatic heterocycles. The van der Waals surface area contributed by atoms with Crippen molar-refractivity contribution in [3.63, 3.8) is 0 Å².